The monoisotopic (exact) mass is 450 g/mol. The van der Waals surface area contributed by atoms with E-state index in [-0.39, 0.29) is 18.0 Å². The lowest BCUT2D eigenvalue weighted by Crippen LogP contribution is -2.40. The molecule has 0 aliphatic heterocycles. The maximum atomic E-state index is 12.5. The number of sulfonamides is 1. The van der Waals surface area contributed by atoms with Crippen molar-refractivity contribution >= 4 is 54.6 Å². The highest BCUT2D eigenvalue weighted by Gasteiger charge is 2.20. The summed E-state index contributed by atoms with van der Waals surface area (Å²) in [4.78, 5) is 13.1. The van der Waals surface area contributed by atoms with Crippen molar-refractivity contribution in [3.8, 4) is 0 Å². The molecule has 154 valence electrons. The molecule has 0 aliphatic carbocycles. The first-order valence-corrected chi connectivity index (χ1v) is 12.0. The maximum absolute atomic E-state index is 12.5. The number of benzene rings is 2. The molecule has 1 amide bonds. The topological polar surface area (TPSA) is 66.5 Å². The lowest BCUT2D eigenvalue weighted by atomic mass is 10.1. The number of halogens is 1. The van der Waals surface area contributed by atoms with Gasteiger partial charge in [0.05, 0.1) is 23.4 Å². The van der Waals surface area contributed by atoms with Crippen molar-refractivity contribution in [3.05, 3.63) is 64.0 Å². The standard InChI is InChI=1S/C21H23ClN2O3S2/c1-21(2,3)23-20(25)19-12-15-11-17(9-10-18(15)28-19)24(29(4,26)27)13-14-5-7-16(22)8-6-14/h5-12H,13H2,1-4H3,(H,23,25). The van der Waals surface area contributed by atoms with Crippen molar-refractivity contribution < 1.29 is 13.2 Å². The summed E-state index contributed by atoms with van der Waals surface area (Å²) in [6.45, 7) is 5.98. The number of anilines is 1. The van der Waals surface area contributed by atoms with Gasteiger partial charge in [-0.15, -0.1) is 11.3 Å². The molecule has 0 saturated carbocycles. The fourth-order valence-corrected chi connectivity index (χ4v) is 4.80. The molecule has 3 aromatic rings. The first kappa shape index (κ1) is 21.6. The van der Waals surface area contributed by atoms with Crippen LogP contribution < -0.4 is 9.62 Å². The summed E-state index contributed by atoms with van der Waals surface area (Å²) in [6, 6.07) is 14.3. The average Bonchev–Trinajstić information content (AvgIpc) is 3.02. The van der Waals surface area contributed by atoms with Crippen LogP contribution in [0.1, 0.15) is 36.0 Å². The number of carbonyl (C=O) groups is 1. The van der Waals surface area contributed by atoms with Gasteiger partial charge in [-0.2, -0.15) is 0 Å². The van der Waals surface area contributed by atoms with Gasteiger partial charge in [-0.05, 0) is 68.1 Å². The van der Waals surface area contributed by atoms with Crippen LogP contribution in [0.4, 0.5) is 5.69 Å². The lowest BCUT2D eigenvalue weighted by molar-refractivity contribution is 0.0924. The van der Waals surface area contributed by atoms with Gasteiger partial charge in [0, 0.05) is 15.3 Å². The molecule has 0 fully saturated rings. The number of carbonyl (C=O) groups excluding carboxylic acids is 1. The van der Waals surface area contributed by atoms with Crippen LogP contribution in [0, 0.1) is 0 Å². The molecule has 8 heteroatoms. The van der Waals surface area contributed by atoms with E-state index < -0.39 is 10.0 Å². The number of nitrogens with zero attached hydrogens (tertiary/aromatic N) is 1. The molecule has 5 nitrogen and oxygen atoms in total. The fraction of sp³-hybridized carbons (Fsp3) is 0.286. The molecule has 29 heavy (non-hydrogen) atoms. The molecular formula is C21H23ClN2O3S2. The van der Waals surface area contributed by atoms with Gasteiger partial charge in [-0.3, -0.25) is 9.10 Å². The molecule has 2 aromatic carbocycles. The van der Waals surface area contributed by atoms with E-state index in [1.807, 2.05) is 26.8 Å². The van der Waals surface area contributed by atoms with Gasteiger partial charge in [-0.25, -0.2) is 8.42 Å². The molecule has 0 bridgehead atoms. The molecule has 0 unspecified atom stereocenters. The normalized spacial score (nSPS) is 12.2. The van der Waals surface area contributed by atoms with E-state index in [0.717, 1.165) is 15.6 Å². The second-order valence-electron chi connectivity index (χ2n) is 7.93. The van der Waals surface area contributed by atoms with E-state index in [4.69, 9.17) is 11.6 Å². The summed E-state index contributed by atoms with van der Waals surface area (Å²) in [5, 5.41) is 4.38. The lowest BCUT2D eigenvalue weighted by Gasteiger charge is -2.22. The molecule has 1 heterocycles. The zero-order valence-electron chi connectivity index (χ0n) is 16.7. The summed E-state index contributed by atoms with van der Waals surface area (Å²) < 4.78 is 27.2. The van der Waals surface area contributed by atoms with Crippen LogP contribution in [-0.4, -0.2) is 26.1 Å². The Morgan fingerprint density at radius 3 is 2.34 bits per heavy atom. The van der Waals surface area contributed by atoms with E-state index in [1.165, 1.54) is 21.9 Å². The third kappa shape index (κ3) is 5.50. The van der Waals surface area contributed by atoms with Crippen LogP contribution in [0.5, 0.6) is 0 Å². The average molecular weight is 451 g/mol. The number of rotatable bonds is 5. The fourth-order valence-electron chi connectivity index (χ4n) is 2.86. The highest BCUT2D eigenvalue weighted by molar-refractivity contribution is 7.92. The van der Waals surface area contributed by atoms with Gasteiger partial charge >= 0.3 is 0 Å². The molecule has 0 saturated heterocycles. The minimum absolute atomic E-state index is 0.138. The van der Waals surface area contributed by atoms with E-state index in [9.17, 15) is 13.2 Å². The van der Waals surface area contributed by atoms with Crippen molar-refractivity contribution in [2.45, 2.75) is 32.9 Å². The number of amides is 1. The first-order chi connectivity index (χ1) is 13.4. The number of nitrogens with one attached hydrogen (secondary N) is 1. The third-order valence-electron chi connectivity index (χ3n) is 4.14. The zero-order valence-corrected chi connectivity index (χ0v) is 19.1. The molecular weight excluding hydrogens is 428 g/mol. The number of thiophene rings is 1. The molecule has 1 N–H and O–H groups in total. The Kier molecular flexibility index (Phi) is 5.94. The van der Waals surface area contributed by atoms with Gasteiger partial charge in [0.25, 0.3) is 5.91 Å². The van der Waals surface area contributed by atoms with Crippen LogP contribution in [0.25, 0.3) is 10.1 Å². The molecule has 0 radical (unpaired) electrons. The Morgan fingerprint density at radius 1 is 1.10 bits per heavy atom. The summed E-state index contributed by atoms with van der Waals surface area (Å²) in [5.74, 6) is -0.138. The Bertz CT molecular complexity index is 1150. The zero-order chi connectivity index (χ0) is 21.4. The van der Waals surface area contributed by atoms with Crippen molar-refractivity contribution in [2.75, 3.05) is 10.6 Å². The second-order valence-corrected chi connectivity index (χ2v) is 11.4. The van der Waals surface area contributed by atoms with E-state index in [2.05, 4.69) is 5.32 Å². The van der Waals surface area contributed by atoms with E-state index >= 15 is 0 Å². The van der Waals surface area contributed by atoms with E-state index in [0.29, 0.717) is 15.6 Å². The van der Waals surface area contributed by atoms with Gasteiger partial charge in [-0.1, -0.05) is 23.7 Å². The van der Waals surface area contributed by atoms with Crippen molar-refractivity contribution in [1.82, 2.24) is 5.32 Å². The smallest absolute Gasteiger partial charge is 0.261 e. The number of hydrogen-bond acceptors (Lipinski definition) is 4. The molecule has 0 aliphatic rings. The SMILES string of the molecule is CC(C)(C)NC(=O)c1cc2cc(N(Cc3ccc(Cl)cc3)S(C)(=O)=O)ccc2s1. The highest BCUT2D eigenvalue weighted by atomic mass is 35.5. The van der Waals surface area contributed by atoms with Gasteiger partial charge in [0.1, 0.15) is 0 Å². The minimum atomic E-state index is -3.50. The predicted octanol–water partition coefficient (Wildman–Crippen LogP) is 5.05. The van der Waals surface area contributed by atoms with Crippen LogP contribution in [0.3, 0.4) is 0 Å². The van der Waals surface area contributed by atoms with E-state index in [1.54, 1.807) is 42.5 Å². The van der Waals surface area contributed by atoms with Crippen molar-refractivity contribution in [2.24, 2.45) is 0 Å². The largest absolute Gasteiger partial charge is 0.347 e. The van der Waals surface area contributed by atoms with Crippen molar-refractivity contribution in [3.63, 3.8) is 0 Å². The second kappa shape index (κ2) is 7.97. The van der Waals surface area contributed by atoms with Crippen LogP contribution in [-0.2, 0) is 16.6 Å². The predicted molar refractivity (Wildman–Crippen MR) is 122 cm³/mol. The summed E-state index contributed by atoms with van der Waals surface area (Å²) in [7, 11) is -3.50. The Balaban J connectivity index is 1.95. The van der Waals surface area contributed by atoms with Gasteiger partial charge < -0.3 is 5.32 Å². The molecule has 0 spiro atoms. The van der Waals surface area contributed by atoms with Crippen LogP contribution in [0.15, 0.2) is 48.5 Å². The number of fused-ring (bicyclic) bond motifs is 1. The number of hydrogen-bond donors (Lipinski definition) is 1. The highest BCUT2D eigenvalue weighted by Crippen LogP contribution is 2.31. The minimum Gasteiger partial charge on any atom is -0.347 e. The molecule has 1 aromatic heterocycles. The van der Waals surface area contributed by atoms with Gasteiger partial charge in [0.15, 0.2) is 0 Å². The Morgan fingerprint density at radius 2 is 1.76 bits per heavy atom. The quantitative estimate of drug-likeness (QED) is 0.591. The first-order valence-electron chi connectivity index (χ1n) is 9.01. The Hall–Kier alpha value is -2.09. The summed E-state index contributed by atoms with van der Waals surface area (Å²) in [5.41, 5.74) is 1.05. The molecule has 3 rings (SSSR count). The maximum Gasteiger partial charge on any atom is 0.261 e. The third-order valence-corrected chi connectivity index (χ3v) is 6.65. The van der Waals surface area contributed by atoms with Crippen molar-refractivity contribution in [1.29, 1.82) is 0 Å². The summed E-state index contributed by atoms with van der Waals surface area (Å²) in [6.07, 6.45) is 1.18. The molecule has 0 atom stereocenters. The summed E-state index contributed by atoms with van der Waals surface area (Å²) >= 11 is 7.31. The van der Waals surface area contributed by atoms with Gasteiger partial charge in [0.2, 0.25) is 10.0 Å². The Labute approximate surface area is 180 Å². The van der Waals surface area contributed by atoms with Crippen LogP contribution >= 0.6 is 22.9 Å². The van der Waals surface area contributed by atoms with Crippen LogP contribution in [0.2, 0.25) is 5.02 Å².